The summed E-state index contributed by atoms with van der Waals surface area (Å²) in [7, 11) is 0. The van der Waals surface area contributed by atoms with Gasteiger partial charge >= 0.3 is 6.18 Å². The van der Waals surface area contributed by atoms with Crippen molar-refractivity contribution >= 4 is 0 Å². The van der Waals surface area contributed by atoms with Crippen molar-refractivity contribution in [3.8, 4) is 0 Å². The molecule has 0 bridgehead atoms. The highest BCUT2D eigenvalue weighted by Crippen LogP contribution is 2.47. The van der Waals surface area contributed by atoms with Crippen LogP contribution in [0.5, 0.6) is 0 Å². The van der Waals surface area contributed by atoms with Gasteiger partial charge in [-0.05, 0) is 102 Å². The number of hydrogen-bond acceptors (Lipinski definition) is 0. The van der Waals surface area contributed by atoms with E-state index in [1.54, 1.807) is 6.07 Å². The van der Waals surface area contributed by atoms with E-state index in [1.807, 2.05) is 6.07 Å². The molecule has 2 aliphatic rings. The molecule has 156 valence electrons. The lowest BCUT2D eigenvalue weighted by atomic mass is 9.80. The van der Waals surface area contributed by atoms with Crippen LogP contribution in [0.3, 0.4) is 0 Å². The molecule has 0 fully saturated rings. The molecule has 4 rings (SSSR count). The Morgan fingerprint density at radius 2 is 1.66 bits per heavy atom. The molecule has 3 unspecified atom stereocenters. The normalized spacial score (nSPS) is 22.1. The van der Waals surface area contributed by atoms with Gasteiger partial charge in [0.05, 0.1) is 5.56 Å². The fourth-order valence-electron chi connectivity index (χ4n) is 5.97. The zero-order valence-electron chi connectivity index (χ0n) is 17.9. The summed E-state index contributed by atoms with van der Waals surface area (Å²) in [6, 6.07) is 9.17. The van der Waals surface area contributed by atoms with Crippen molar-refractivity contribution in [2.75, 3.05) is 0 Å². The first kappa shape index (κ1) is 20.5. The van der Waals surface area contributed by atoms with E-state index in [0.717, 1.165) is 31.2 Å². The fraction of sp³-hybridized carbons (Fsp3) is 0.538. The molecule has 2 aromatic rings. The molecule has 0 saturated heterocycles. The van der Waals surface area contributed by atoms with Gasteiger partial charge in [-0.3, -0.25) is 0 Å². The lowest BCUT2D eigenvalue weighted by Gasteiger charge is -2.25. The number of benzene rings is 2. The largest absolute Gasteiger partial charge is 0.416 e. The Hall–Kier alpha value is -1.77. The summed E-state index contributed by atoms with van der Waals surface area (Å²) in [5.41, 5.74) is 6.78. The molecular formula is C26H31F3. The van der Waals surface area contributed by atoms with Gasteiger partial charge in [-0.1, -0.05) is 45.0 Å². The lowest BCUT2D eigenvalue weighted by molar-refractivity contribution is -0.138. The second-order valence-corrected chi connectivity index (χ2v) is 9.53. The maximum atomic E-state index is 13.6. The molecule has 3 atom stereocenters. The minimum Gasteiger partial charge on any atom is -0.166 e. The third-order valence-electron chi connectivity index (χ3n) is 7.38. The van der Waals surface area contributed by atoms with Crippen molar-refractivity contribution in [1.29, 1.82) is 0 Å². The van der Waals surface area contributed by atoms with E-state index in [-0.39, 0.29) is 11.8 Å². The third kappa shape index (κ3) is 3.62. The summed E-state index contributed by atoms with van der Waals surface area (Å²) in [5.74, 6) is 1.43. The molecule has 29 heavy (non-hydrogen) atoms. The van der Waals surface area contributed by atoms with Crippen molar-refractivity contribution < 1.29 is 13.2 Å². The topological polar surface area (TPSA) is 0 Å². The zero-order valence-corrected chi connectivity index (χ0v) is 17.9. The summed E-state index contributed by atoms with van der Waals surface area (Å²) in [5, 5.41) is 0. The Morgan fingerprint density at radius 3 is 2.34 bits per heavy atom. The van der Waals surface area contributed by atoms with Crippen LogP contribution in [0, 0.1) is 18.8 Å². The Balaban J connectivity index is 1.65. The first-order valence-electron chi connectivity index (χ1n) is 11.0. The van der Waals surface area contributed by atoms with Crippen molar-refractivity contribution in [3.63, 3.8) is 0 Å². The smallest absolute Gasteiger partial charge is 0.166 e. The maximum Gasteiger partial charge on any atom is 0.416 e. The second kappa shape index (κ2) is 7.49. The monoisotopic (exact) mass is 400 g/mol. The van der Waals surface area contributed by atoms with Gasteiger partial charge in [0, 0.05) is 0 Å². The van der Waals surface area contributed by atoms with E-state index in [0.29, 0.717) is 17.4 Å². The van der Waals surface area contributed by atoms with Gasteiger partial charge in [-0.25, -0.2) is 0 Å². The van der Waals surface area contributed by atoms with E-state index in [4.69, 9.17) is 0 Å². The average molecular weight is 401 g/mol. The van der Waals surface area contributed by atoms with Crippen LogP contribution in [0.2, 0.25) is 0 Å². The fourth-order valence-corrected chi connectivity index (χ4v) is 5.97. The van der Waals surface area contributed by atoms with Gasteiger partial charge in [0.1, 0.15) is 0 Å². The van der Waals surface area contributed by atoms with Gasteiger partial charge in [0.15, 0.2) is 0 Å². The number of hydrogen-bond donors (Lipinski definition) is 0. The number of halogens is 3. The first-order chi connectivity index (χ1) is 13.7. The third-order valence-corrected chi connectivity index (χ3v) is 7.38. The SMILES string of the molecule is Cc1ccc(CC(C)C2CCc3cccc(C(F)(F)F)c32)c2c1C(C(C)C)CC2. The Labute approximate surface area is 172 Å². The number of alkyl halides is 3. The van der Waals surface area contributed by atoms with Gasteiger partial charge < -0.3 is 0 Å². The van der Waals surface area contributed by atoms with E-state index in [9.17, 15) is 13.2 Å². The highest BCUT2D eigenvalue weighted by molar-refractivity contribution is 5.48. The Morgan fingerprint density at radius 1 is 0.931 bits per heavy atom. The van der Waals surface area contributed by atoms with E-state index in [1.165, 1.54) is 34.7 Å². The Kier molecular flexibility index (Phi) is 5.29. The van der Waals surface area contributed by atoms with Gasteiger partial charge in [0.25, 0.3) is 0 Å². The number of rotatable bonds is 4. The number of fused-ring (bicyclic) bond motifs is 2. The second-order valence-electron chi connectivity index (χ2n) is 9.53. The van der Waals surface area contributed by atoms with Crippen molar-refractivity contribution in [1.82, 2.24) is 0 Å². The minimum absolute atomic E-state index is 0.0120. The molecule has 2 aliphatic carbocycles. The molecule has 0 saturated carbocycles. The first-order valence-corrected chi connectivity index (χ1v) is 11.0. The van der Waals surface area contributed by atoms with Gasteiger partial charge in [-0.2, -0.15) is 13.2 Å². The highest BCUT2D eigenvalue weighted by atomic mass is 19.4. The summed E-state index contributed by atoms with van der Waals surface area (Å²) >= 11 is 0. The van der Waals surface area contributed by atoms with Crippen LogP contribution in [0.4, 0.5) is 13.2 Å². The van der Waals surface area contributed by atoms with E-state index < -0.39 is 11.7 Å². The van der Waals surface area contributed by atoms with Gasteiger partial charge in [-0.15, -0.1) is 0 Å². The van der Waals surface area contributed by atoms with E-state index >= 15 is 0 Å². The molecule has 0 nitrogen and oxygen atoms in total. The summed E-state index contributed by atoms with van der Waals surface area (Å²) < 4.78 is 40.9. The molecule has 0 aromatic heterocycles. The quantitative estimate of drug-likeness (QED) is 0.495. The predicted octanol–water partition coefficient (Wildman–Crippen LogP) is 7.61. The minimum atomic E-state index is -4.27. The molecular weight excluding hydrogens is 369 g/mol. The standard InChI is InChI=1S/C26H31F3/c1-15(2)20-12-13-22-19(9-8-16(3)24(20)22)14-17(4)21-11-10-18-6-5-7-23(25(18)21)26(27,28)29/h5-9,15,17,20-21H,10-14H2,1-4H3. The summed E-state index contributed by atoms with van der Waals surface area (Å²) in [6.07, 6.45) is 0.482. The lowest BCUT2D eigenvalue weighted by Crippen LogP contribution is -2.16. The predicted molar refractivity (Wildman–Crippen MR) is 112 cm³/mol. The molecule has 0 radical (unpaired) electrons. The number of aryl methyl sites for hydroxylation is 2. The van der Waals surface area contributed by atoms with Crippen LogP contribution in [0.1, 0.15) is 84.4 Å². The zero-order chi connectivity index (χ0) is 20.9. The van der Waals surface area contributed by atoms with Gasteiger partial charge in [0.2, 0.25) is 0 Å². The molecule has 0 N–H and O–H groups in total. The van der Waals surface area contributed by atoms with Crippen LogP contribution < -0.4 is 0 Å². The van der Waals surface area contributed by atoms with E-state index in [2.05, 4.69) is 39.8 Å². The van der Waals surface area contributed by atoms with Crippen LogP contribution in [0.15, 0.2) is 30.3 Å². The molecule has 0 heterocycles. The molecule has 0 amide bonds. The average Bonchev–Trinajstić information content (AvgIpc) is 3.28. The van der Waals surface area contributed by atoms with Crippen LogP contribution >= 0.6 is 0 Å². The van der Waals surface area contributed by atoms with Crippen molar-refractivity contribution in [2.45, 2.75) is 77.8 Å². The molecule has 3 heteroatoms. The van der Waals surface area contributed by atoms with Crippen LogP contribution in [0.25, 0.3) is 0 Å². The molecule has 0 aliphatic heterocycles. The molecule has 0 spiro atoms. The summed E-state index contributed by atoms with van der Waals surface area (Å²) in [4.78, 5) is 0. The van der Waals surface area contributed by atoms with Crippen molar-refractivity contribution in [2.24, 2.45) is 11.8 Å². The van der Waals surface area contributed by atoms with Crippen molar-refractivity contribution in [3.05, 3.63) is 69.3 Å². The Bertz CT molecular complexity index is 907. The molecule has 2 aromatic carbocycles. The maximum absolute atomic E-state index is 13.6. The highest BCUT2D eigenvalue weighted by Gasteiger charge is 2.40. The summed E-state index contributed by atoms with van der Waals surface area (Å²) in [6.45, 7) is 8.94. The van der Waals surface area contributed by atoms with Crippen LogP contribution in [-0.4, -0.2) is 0 Å². The van der Waals surface area contributed by atoms with Crippen LogP contribution in [-0.2, 0) is 25.4 Å².